The molecule has 0 radical (unpaired) electrons. The second-order valence-electron chi connectivity index (χ2n) is 10.5. The minimum Gasteiger partial charge on any atom is -0.383 e. The maximum atomic E-state index is 13.4. The lowest BCUT2D eigenvalue weighted by Gasteiger charge is -2.17. The van der Waals surface area contributed by atoms with Crippen LogP contribution in [0.2, 0.25) is 0 Å². The number of rotatable bonds is 8. The van der Waals surface area contributed by atoms with Gasteiger partial charge < -0.3 is 11.1 Å². The summed E-state index contributed by atoms with van der Waals surface area (Å²) >= 11 is 0. The number of carbonyl (C=O) groups is 1. The number of fused-ring (bicyclic) bond motifs is 2. The van der Waals surface area contributed by atoms with E-state index in [0.29, 0.717) is 40.6 Å². The molecule has 12 nitrogen and oxygen atoms in total. The number of hydrogen-bond donors (Lipinski definition) is 3. The molecule has 13 heteroatoms. The lowest BCUT2D eigenvalue weighted by atomic mass is 10.1. The van der Waals surface area contributed by atoms with Gasteiger partial charge in [0, 0.05) is 29.7 Å². The number of imidazole rings is 1. The van der Waals surface area contributed by atoms with Gasteiger partial charge in [0.05, 0.1) is 22.9 Å². The Morgan fingerprint density at radius 3 is 2.69 bits per heavy atom. The molecule has 4 aromatic heterocycles. The number of benzene rings is 2. The van der Waals surface area contributed by atoms with Crippen molar-refractivity contribution in [2.75, 3.05) is 10.5 Å². The first-order chi connectivity index (χ1) is 21.8. The van der Waals surface area contributed by atoms with Crippen LogP contribution in [0, 0.1) is 0 Å². The molecule has 0 aliphatic heterocycles. The number of sulfonamides is 1. The Hall–Kier alpha value is -5.82. The largest absolute Gasteiger partial charge is 0.383 e. The van der Waals surface area contributed by atoms with Gasteiger partial charge in [-0.1, -0.05) is 24.8 Å². The summed E-state index contributed by atoms with van der Waals surface area (Å²) < 4.78 is 30.2. The standard InChI is InChI=1S/C32H27N9O3S/c1-2-45(43,44)39-26-9-4-3-7-23(26)32(42)37-25-13-10-20-19-21(11-12-22(20)25)41-30(24-8-5-16-34-29(24)33)36-27-14-15-28(38-31(27)41)40-18-6-17-35-40/h2-9,11-12,14-19,25,39H,1,10,13H2,(H2,33,34)(H,37,42)/t25-/m0/s1. The summed E-state index contributed by atoms with van der Waals surface area (Å²) in [6.45, 7) is 3.32. The van der Waals surface area contributed by atoms with Crippen LogP contribution in [-0.4, -0.2) is 43.6 Å². The van der Waals surface area contributed by atoms with Crippen molar-refractivity contribution in [3.63, 3.8) is 0 Å². The molecule has 1 amide bonds. The number of aryl methyl sites for hydroxylation is 1. The normalized spacial score (nSPS) is 14.3. The van der Waals surface area contributed by atoms with Gasteiger partial charge in [-0.2, -0.15) is 5.10 Å². The van der Waals surface area contributed by atoms with E-state index in [-0.39, 0.29) is 23.2 Å². The van der Waals surface area contributed by atoms with Gasteiger partial charge in [-0.15, -0.1) is 0 Å². The quantitative estimate of drug-likeness (QED) is 0.224. The molecule has 0 saturated heterocycles. The zero-order chi connectivity index (χ0) is 31.1. The first-order valence-corrected chi connectivity index (χ1v) is 15.6. The Bertz CT molecular complexity index is 2210. The van der Waals surface area contributed by atoms with Crippen molar-refractivity contribution in [2.45, 2.75) is 18.9 Å². The van der Waals surface area contributed by atoms with Crippen molar-refractivity contribution < 1.29 is 13.2 Å². The van der Waals surface area contributed by atoms with E-state index in [4.69, 9.17) is 15.7 Å². The van der Waals surface area contributed by atoms with Crippen LogP contribution in [0.15, 0.2) is 103 Å². The minimum atomic E-state index is -3.78. The highest BCUT2D eigenvalue weighted by Gasteiger charge is 2.27. The number of para-hydroxylation sites is 1. The first-order valence-electron chi connectivity index (χ1n) is 14.1. The molecule has 1 atom stereocenters. The molecular weight excluding hydrogens is 590 g/mol. The second kappa shape index (κ2) is 11.0. The first kappa shape index (κ1) is 28.0. The Morgan fingerprint density at radius 1 is 1.02 bits per heavy atom. The van der Waals surface area contributed by atoms with E-state index in [2.05, 4.69) is 32.8 Å². The fourth-order valence-corrected chi connectivity index (χ4v) is 6.17. The topological polar surface area (TPSA) is 163 Å². The molecule has 0 unspecified atom stereocenters. The number of anilines is 2. The minimum absolute atomic E-state index is 0.180. The third kappa shape index (κ3) is 5.18. The van der Waals surface area contributed by atoms with Crippen LogP contribution in [0.5, 0.6) is 0 Å². The molecule has 0 spiro atoms. The molecule has 1 aliphatic carbocycles. The highest BCUT2D eigenvalue weighted by molar-refractivity contribution is 7.95. The molecule has 4 N–H and O–H groups in total. The van der Waals surface area contributed by atoms with Gasteiger partial charge >= 0.3 is 0 Å². The zero-order valence-electron chi connectivity index (χ0n) is 23.8. The second-order valence-corrected chi connectivity index (χ2v) is 12.1. The predicted octanol–water partition coefficient (Wildman–Crippen LogP) is 4.55. The van der Waals surface area contributed by atoms with Crippen molar-refractivity contribution in [2.24, 2.45) is 0 Å². The Morgan fingerprint density at radius 2 is 1.89 bits per heavy atom. The molecule has 224 valence electrons. The molecule has 0 saturated carbocycles. The molecule has 0 bridgehead atoms. The van der Waals surface area contributed by atoms with Crippen molar-refractivity contribution >= 4 is 38.6 Å². The summed E-state index contributed by atoms with van der Waals surface area (Å²) in [6.07, 6.45) is 6.56. The summed E-state index contributed by atoms with van der Waals surface area (Å²) in [4.78, 5) is 27.4. The molecular formula is C32H27N9O3S. The molecule has 45 heavy (non-hydrogen) atoms. The van der Waals surface area contributed by atoms with Gasteiger partial charge in [0.15, 0.2) is 17.3 Å². The van der Waals surface area contributed by atoms with Crippen molar-refractivity contribution in [1.82, 2.24) is 34.6 Å². The molecule has 2 aromatic carbocycles. The lowest BCUT2D eigenvalue weighted by molar-refractivity contribution is 0.0937. The predicted molar refractivity (Wildman–Crippen MR) is 171 cm³/mol. The summed E-state index contributed by atoms with van der Waals surface area (Å²) in [6, 6.07) is 21.5. The van der Waals surface area contributed by atoms with Crippen LogP contribution in [-0.2, 0) is 16.4 Å². The van der Waals surface area contributed by atoms with E-state index in [1.807, 2.05) is 53.2 Å². The van der Waals surface area contributed by atoms with E-state index < -0.39 is 10.0 Å². The smallest absolute Gasteiger partial charge is 0.254 e. The van der Waals surface area contributed by atoms with Crippen LogP contribution in [0.25, 0.3) is 34.1 Å². The van der Waals surface area contributed by atoms with Crippen molar-refractivity contribution in [3.05, 3.63) is 120 Å². The van der Waals surface area contributed by atoms with E-state index >= 15 is 0 Å². The molecule has 6 aromatic rings. The van der Waals surface area contributed by atoms with Crippen LogP contribution < -0.4 is 15.8 Å². The van der Waals surface area contributed by atoms with Crippen LogP contribution in [0.3, 0.4) is 0 Å². The summed E-state index contributed by atoms with van der Waals surface area (Å²) in [7, 11) is -3.78. The maximum absolute atomic E-state index is 13.4. The number of aromatic nitrogens is 6. The Balaban J connectivity index is 1.26. The van der Waals surface area contributed by atoms with Gasteiger partial charge in [-0.3, -0.25) is 14.1 Å². The number of amides is 1. The highest BCUT2D eigenvalue weighted by atomic mass is 32.2. The number of carbonyl (C=O) groups excluding carboxylic acids is 1. The fourth-order valence-electron chi connectivity index (χ4n) is 5.61. The van der Waals surface area contributed by atoms with E-state index in [0.717, 1.165) is 28.6 Å². The van der Waals surface area contributed by atoms with Gasteiger partial charge in [-0.25, -0.2) is 28.1 Å². The number of nitrogens with one attached hydrogen (secondary N) is 2. The number of nitrogens with zero attached hydrogens (tertiary/aromatic N) is 6. The highest BCUT2D eigenvalue weighted by Crippen LogP contribution is 2.36. The van der Waals surface area contributed by atoms with Gasteiger partial charge in [-0.05, 0) is 78.6 Å². The van der Waals surface area contributed by atoms with Crippen molar-refractivity contribution in [1.29, 1.82) is 0 Å². The zero-order valence-corrected chi connectivity index (χ0v) is 24.6. The molecule has 1 aliphatic rings. The average molecular weight is 618 g/mol. The monoisotopic (exact) mass is 617 g/mol. The third-order valence-electron chi connectivity index (χ3n) is 7.72. The van der Waals surface area contributed by atoms with Crippen LogP contribution >= 0.6 is 0 Å². The van der Waals surface area contributed by atoms with Crippen molar-refractivity contribution in [3.8, 4) is 22.9 Å². The summed E-state index contributed by atoms with van der Waals surface area (Å²) in [5, 5.41) is 8.21. The summed E-state index contributed by atoms with van der Waals surface area (Å²) in [5.74, 6) is 1.20. The maximum Gasteiger partial charge on any atom is 0.254 e. The Labute approximate surface area is 258 Å². The lowest BCUT2D eigenvalue weighted by Crippen LogP contribution is -2.28. The summed E-state index contributed by atoms with van der Waals surface area (Å²) in [5.41, 5.74) is 11.6. The number of nitrogen functional groups attached to an aromatic ring is 1. The third-order valence-corrected chi connectivity index (χ3v) is 8.66. The SMILES string of the molecule is C=CS(=O)(=O)Nc1ccccc1C(=O)N[C@H]1CCc2cc(-n3c(-c4cccnc4N)nc4ccc(-n5cccn5)nc43)ccc21. The molecule has 4 heterocycles. The van der Waals surface area contributed by atoms with Crippen LogP contribution in [0.1, 0.15) is 33.9 Å². The Kier molecular flexibility index (Phi) is 6.86. The van der Waals surface area contributed by atoms with Gasteiger partial charge in [0.2, 0.25) is 0 Å². The van der Waals surface area contributed by atoms with Gasteiger partial charge in [0.1, 0.15) is 11.3 Å². The van der Waals surface area contributed by atoms with E-state index in [1.54, 1.807) is 41.3 Å². The van der Waals surface area contributed by atoms with Gasteiger partial charge in [0.25, 0.3) is 15.9 Å². The number of hydrogen-bond acceptors (Lipinski definition) is 8. The van der Waals surface area contributed by atoms with Crippen LogP contribution in [0.4, 0.5) is 11.5 Å². The van der Waals surface area contributed by atoms with E-state index in [1.165, 1.54) is 0 Å². The molecule has 0 fully saturated rings. The molecule has 7 rings (SSSR count). The number of pyridine rings is 2. The number of nitrogens with two attached hydrogens (primary N) is 1. The fraction of sp³-hybridized carbons (Fsp3) is 0.0938. The van der Waals surface area contributed by atoms with E-state index in [9.17, 15) is 13.2 Å². The average Bonchev–Trinajstić information content (AvgIpc) is 3.80.